The Balaban J connectivity index is 2.45. The molecule has 0 aliphatic carbocycles. The van der Waals surface area contributed by atoms with Crippen molar-refractivity contribution in [3.8, 4) is 0 Å². The second kappa shape index (κ2) is 6.25. The fraction of sp³-hybridized carbons (Fsp3) is 1.00. The lowest BCUT2D eigenvalue weighted by molar-refractivity contribution is 0.722. The van der Waals surface area contributed by atoms with Crippen LogP contribution < -0.4 is 5.73 Å². The SMILES string of the molecule is [NH]CCCCCCl. The van der Waals surface area contributed by atoms with Crippen molar-refractivity contribution < 1.29 is 0 Å². The maximum Gasteiger partial charge on any atom is 0.0223 e. The Morgan fingerprint density at radius 3 is 2.29 bits per heavy atom. The van der Waals surface area contributed by atoms with E-state index in [0.717, 1.165) is 25.1 Å². The van der Waals surface area contributed by atoms with Crippen molar-refractivity contribution in [3.63, 3.8) is 0 Å². The molecule has 1 radical (unpaired) electrons. The van der Waals surface area contributed by atoms with Gasteiger partial charge in [-0.1, -0.05) is 6.42 Å². The summed E-state index contributed by atoms with van der Waals surface area (Å²) in [7, 11) is 0. The third kappa shape index (κ3) is 6.25. The largest absolute Gasteiger partial charge is 0.258 e. The minimum Gasteiger partial charge on any atom is -0.258 e. The highest BCUT2D eigenvalue weighted by atomic mass is 35.5. The quantitative estimate of drug-likeness (QED) is 0.398. The predicted molar refractivity (Wildman–Crippen MR) is 32.5 cm³/mol. The van der Waals surface area contributed by atoms with Crippen LogP contribution in [0.5, 0.6) is 0 Å². The molecule has 2 heteroatoms. The first-order valence-corrected chi connectivity index (χ1v) is 3.16. The van der Waals surface area contributed by atoms with Gasteiger partial charge in [-0.05, 0) is 12.8 Å². The number of hydrogen-bond acceptors (Lipinski definition) is 0. The summed E-state index contributed by atoms with van der Waals surface area (Å²) < 4.78 is 0. The van der Waals surface area contributed by atoms with E-state index in [0.29, 0.717) is 6.54 Å². The average molecular weight is 121 g/mol. The Kier molecular flexibility index (Phi) is 6.47. The Hall–Kier alpha value is 0.250. The van der Waals surface area contributed by atoms with Gasteiger partial charge in [0, 0.05) is 12.4 Å². The van der Waals surface area contributed by atoms with Gasteiger partial charge in [0.05, 0.1) is 0 Å². The molecule has 0 saturated carbocycles. The number of halogens is 1. The van der Waals surface area contributed by atoms with Crippen molar-refractivity contribution in [2.75, 3.05) is 12.4 Å². The molecular weight excluding hydrogens is 110 g/mol. The van der Waals surface area contributed by atoms with E-state index in [1.54, 1.807) is 0 Å². The smallest absolute Gasteiger partial charge is 0.0223 e. The normalized spacial score (nSPS) is 9.43. The second-order valence-electron chi connectivity index (χ2n) is 1.50. The fourth-order valence-corrected chi connectivity index (χ4v) is 0.585. The molecule has 1 nitrogen and oxygen atoms in total. The van der Waals surface area contributed by atoms with E-state index in [1.807, 2.05) is 0 Å². The zero-order valence-corrected chi connectivity index (χ0v) is 5.17. The summed E-state index contributed by atoms with van der Waals surface area (Å²) in [6, 6.07) is 0. The van der Waals surface area contributed by atoms with Gasteiger partial charge in [-0.3, -0.25) is 5.73 Å². The van der Waals surface area contributed by atoms with Gasteiger partial charge in [-0.15, -0.1) is 11.6 Å². The van der Waals surface area contributed by atoms with Gasteiger partial charge < -0.3 is 0 Å². The van der Waals surface area contributed by atoms with Crippen molar-refractivity contribution in [2.45, 2.75) is 19.3 Å². The zero-order valence-electron chi connectivity index (χ0n) is 4.41. The molecule has 0 amide bonds. The lowest BCUT2D eigenvalue weighted by Gasteiger charge is -1.89. The van der Waals surface area contributed by atoms with E-state index in [-0.39, 0.29) is 0 Å². The molecule has 43 valence electrons. The fourth-order valence-electron chi connectivity index (χ4n) is 0.396. The topological polar surface area (TPSA) is 23.8 Å². The van der Waals surface area contributed by atoms with E-state index in [1.165, 1.54) is 0 Å². The summed E-state index contributed by atoms with van der Waals surface area (Å²) in [4.78, 5) is 0. The van der Waals surface area contributed by atoms with Crippen LogP contribution in [0.3, 0.4) is 0 Å². The Morgan fingerprint density at radius 1 is 1.14 bits per heavy atom. The predicted octanol–water partition coefficient (Wildman–Crippen LogP) is 1.68. The van der Waals surface area contributed by atoms with Gasteiger partial charge in [-0.2, -0.15) is 0 Å². The maximum atomic E-state index is 6.74. The first-order chi connectivity index (χ1) is 3.41. The van der Waals surface area contributed by atoms with E-state index in [4.69, 9.17) is 17.3 Å². The van der Waals surface area contributed by atoms with Crippen molar-refractivity contribution in [3.05, 3.63) is 0 Å². The van der Waals surface area contributed by atoms with Crippen LogP contribution >= 0.6 is 11.6 Å². The minimum absolute atomic E-state index is 0.552. The Labute approximate surface area is 49.8 Å². The highest BCUT2D eigenvalue weighted by Gasteiger charge is 1.81. The summed E-state index contributed by atoms with van der Waals surface area (Å²) in [5.41, 5.74) is 6.74. The molecule has 0 aromatic rings. The molecule has 0 rings (SSSR count). The number of rotatable bonds is 4. The van der Waals surface area contributed by atoms with E-state index >= 15 is 0 Å². The molecule has 0 aromatic carbocycles. The summed E-state index contributed by atoms with van der Waals surface area (Å²) in [6.45, 7) is 0.552. The highest BCUT2D eigenvalue weighted by Crippen LogP contribution is 1.94. The molecule has 0 spiro atoms. The number of hydrogen-bond donors (Lipinski definition) is 0. The number of unbranched alkanes of at least 4 members (excludes halogenated alkanes) is 2. The van der Waals surface area contributed by atoms with Crippen molar-refractivity contribution in [2.24, 2.45) is 0 Å². The maximum absolute atomic E-state index is 6.74. The molecule has 0 fully saturated rings. The third-order valence-corrected chi connectivity index (χ3v) is 1.08. The van der Waals surface area contributed by atoms with Crippen LogP contribution in [-0.4, -0.2) is 12.4 Å². The van der Waals surface area contributed by atoms with E-state index < -0.39 is 0 Å². The van der Waals surface area contributed by atoms with Gasteiger partial charge in [-0.25, -0.2) is 0 Å². The number of nitrogens with one attached hydrogen (secondary N) is 1. The third-order valence-electron chi connectivity index (χ3n) is 0.810. The monoisotopic (exact) mass is 120 g/mol. The van der Waals surface area contributed by atoms with Gasteiger partial charge in [0.15, 0.2) is 0 Å². The van der Waals surface area contributed by atoms with Crippen LogP contribution in [-0.2, 0) is 0 Å². The van der Waals surface area contributed by atoms with E-state index in [9.17, 15) is 0 Å². The molecular formula is C5H11ClN. The lowest BCUT2D eigenvalue weighted by atomic mass is 10.3. The minimum atomic E-state index is 0.552. The van der Waals surface area contributed by atoms with Crippen LogP contribution in [0.1, 0.15) is 19.3 Å². The summed E-state index contributed by atoms with van der Waals surface area (Å²) in [5.74, 6) is 0.750. The van der Waals surface area contributed by atoms with Gasteiger partial charge in [0.1, 0.15) is 0 Å². The molecule has 0 heterocycles. The molecule has 0 aromatic heterocycles. The molecule has 7 heavy (non-hydrogen) atoms. The first-order valence-electron chi connectivity index (χ1n) is 2.62. The van der Waals surface area contributed by atoms with Crippen LogP contribution in [0.2, 0.25) is 0 Å². The molecule has 0 aliphatic heterocycles. The average Bonchev–Trinajstić information content (AvgIpc) is 1.69. The molecule has 0 aliphatic rings. The lowest BCUT2D eigenvalue weighted by Crippen LogP contribution is -1.84. The van der Waals surface area contributed by atoms with Crippen LogP contribution in [0.15, 0.2) is 0 Å². The molecule has 1 N–H and O–H groups in total. The molecule has 0 bridgehead atoms. The van der Waals surface area contributed by atoms with Crippen molar-refractivity contribution >= 4 is 11.6 Å². The summed E-state index contributed by atoms with van der Waals surface area (Å²) in [5, 5.41) is 0. The Bertz CT molecular complexity index is 27.3. The van der Waals surface area contributed by atoms with Crippen LogP contribution in [0.4, 0.5) is 0 Å². The first kappa shape index (κ1) is 7.25. The summed E-state index contributed by atoms with van der Waals surface area (Å²) in [6.07, 6.45) is 3.19. The van der Waals surface area contributed by atoms with Gasteiger partial charge in [0.25, 0.3) is 0 Å². The second-order valence-corrected chi connectivity index (χ2v) is 1.88. The van der Waals surface area contributed by atoms with Crippen molar-refractivity contribution in [1.82, 2.24) is 5.73 Å². The zero-order chi connectivity index (χ0) is 5.54. The van der Waals surface area contributed by atoms with Crippen LogP contribution in [0, 0.1) is 0 Å². The van der Waals surface area contributed by atoms with Crippen LogP contribution in [0.25, 0.3) is 0 Å². The Morgan fingerprint density at radius 2 is 1.86 bits per heavy atom. The van der Waals surface area contributed by atoms with Gasteiger partial charge >= 0.3 is 0 Å². The molecule has 0 saturated heterocycles. The van der Waals surface area contributed by atoms with Gasteiger partial charge in [0.2, 0.25) is 0 Å². The standard InChI is InChI=1S/C5H11ClN/c6-4-2-1-3-5-7/h7H,1-5H2. The van der Waals surface area contributed by atoms with Crippen molar-refractivity contribution in [1.29, 1.82) is 0 Å². The molecule has 0 atom stereocenters. The highest BCUT2D eigenvalue weighted by molar-refractivity contribution is 6.17. The number of alkyl halides is 1. The van der Waals surface area contributed by atoms with E-state index in [2.05, 4.69) is 0 Å². The summed E-state index contributed by atoms with van der Waals surface area (Å²) >= 11 is 5.38. The molecule has 0 unspecified atom stereocenters.